The molecule has 1 aromatic rings. The largest absolute Gasteiger partial charge is 0.396 e. The van der Waals surface area contributed by atoms with E-state index in [1.54, 1.807) is 0 Å². The van der Waals surface area contributed by atoms with E-state index in [1.165, 1.54) is 0 Å². The number of aryl methyl sites for hydroxylation is 1. The molecule has 12 heavy (non-hydrogen) atoms. The van der Waals surface area contributed by atoms with Gasteiger partial charge in [0.05, 0.1) is 13.2 Å². The van der Waals surface area contributed by atoms with Crippen molar-refractivity contribution in [3.8, 4) is 0 Å². The molecule has 2 N–H and O–H groups in total. The topological polar surface area (TPSA) is 49.3 Å². The third kappa shape index (κ3) is 2.64. The lowest BCUT2D eigenvalue weighted by molar-refractivity contribution is -0.697. The van der Waals surface area contributed by atoms with E-state index in [2.05, 4.69) is 0 Å². The zero-order chi connectivity index (χ0) is 8.81. The van der Waals surface area contributed by atoms with Crippen molar-refractivity contribution in [2.24, 2.45) is 0 Å². The number of imidazole rings is 1. The molecule has 0 aliphatic heterocycles. The summed E-state index contributed by atoms with van der Waals surface area (Å²) in [4.78, 5) is 0. The van der Waals surface area contributed by atoms with Crippen molar-refractivity contribution in [2.75, 3.05) is 13.2 Å². The van der Waals surface area contributed by atoms with Crippen molar-refractivity contribution in [2.45, 2.75) is 19.5 Å². The maximum absolute atomic E-state index is 8.63. The molecule has 0 aliphatic rings. The number of rotatable bonds is 5. The third-order valence-electron chi connectivity index (χ3n) is 1.68. The number of aromatic nitrogens is 2. The zero-order valence-corrected chi connectivity index (χ0v) is 7.06. The molecule has 4 heteroatoms. The van der Waals surface area contributed by atoms with E-state index in [9.17, 15) is 0 Å². The standard InChI is InChI=1S/C8H15N2O2/c11-6-1-2-9-3-4-10(8-9)5-7-12/h3-4,8,11-12H,1-2,5-7H2/q+1. The minimum atomic E-state index is 0.161. The maximum Gasteiger partial charge on any atom is 0.243 e. The molecule has 0 saturated heterocycles. The highest BCUT2D eigenvalue weighted by Crippen LogP contribution is 1.87. The Bertz CT molecular complexity index is 223. The van der Waals surface area contributed by atoms with Crippen LogP contribution in [0.2, 0.25) is 0 Å². The van der Waals surface area contributed by atoms with Crippen molar-refractivity contribution >= 4 is 0 Å². The van der Waals surface area contributed by atoms with Crippen LogP contribution in [-0.4, -0.2) is 28.0 Å². The van der Waals surface area contributed by atoms with Crippen molar-refractivity contribution < 1.29 is 14.8 Å². The van der Waals surface area contributed by atoms with Gasteiger partial charge < -0.3 is 10.2 Å². The Morgan fingerprint density at radius 2 is 2.08 bits per heavy atom. The van der Waals surface area contributed by atoms with Crippen molar-refractivity contribution in [1.82, 2.24) is 4.57 Å². The summed E-state index contributed by atoms with van der Waals surface area (Å²) in [5, 5.41) is 17.2. The van der Waals surface area contributed by atoms with Crippen LogP contribution in [0, 0.1) is 0 Å². The molecule has 0 bridgehead atoms. The Morgan fingerprint density at radius 1 is 1.25 bits per heavy atom. The van der Waals surface area contributed by atoms with Crippen LogP contribution >= 0.6 is 0 Å². The second-order valence-corrected chi connectivity index (χ2v) is 2.69. The number of hydrogen-bond acceptors (Lipinski definition) is 2. The van der Waals surface area contributed by atoms with Crippen LogP contribution in [0.1, 0.15) is 6.42 Å². The fraction of sp³-hybridized carbons (Fsp3) is 0.625. The molecule has 1 rings (SSSR count). The van der Waals surface area contributed by atoms with Gasteiger partial charge >= 0.3 is 0 Å². The van der Waals surface area contributed by atoms with Gasteiger partial charge in [-0.05, 0) is 0 Å². The number of aliphatic hydroxyl groups excluding tert-OH is 2. The lowest BCUT2D eigenvalue weighted by Gasteiger charge is -1.92. The van der Waals surface area contributed by atoms with Gasteiger partial charge in [-0.3, -0.25) is 0 Å². The number of hydrogen-bond donors (Lipinski definition) is 2. The highest BCUT2D eigenvalue weighted by atomic mass is 16.3. The molecule has 0 radical (unpaired) electrons. The van der Waals surface area contributed by atoms with Crippen LogP contribution in [0.25, 0.3) is 0 Å². The van der Waals surface area contributed by atoms with Gasteiger partial charge in [0.2, 0.25) is 6.33 Å². The van der Waals surface area contributed by atoms with Gasteiger partial charge in [-0.1, -0.05) is 0 Å². The van der Waals surface area contributed by atoms with Gasteiger partial charge in [0.1, 0.15) is 18.9 Å². The lowest BCUT2D eigenvalue weighted by Crippen LogP contribution is -2.32. The molecule has 0 spiro atoms. The first-order valence-corrected chi connectivity index (χ1v) is 4.13. The minimum Gasteiger partial charge on any atom is -0.396 e. The SMILES string of the molecule is OCCCn1cc[n+](CCO)c1. The lowest BCUT2D eigenvalue weighted by atomic mass is 10.4. The van der Waals surface area contributed by atoms with Crippen LogP contribution in [-0.2, 0) is 13.1 Å². The third-order valence-corrected chi connectivity index (χ3v) is 1.68. The van der Waals surface area contributed by atoms with Gasteiger partial charge in [-0.15, -0.1) is 0 Å². The van der Waals surface area contributed by atoms with E-state index in [1.807, 2.05) is 27.9 Å². The average Bonchev–Trinajstić information content (AvgIpc) is 2.50. The molecule has 0 amide bonds. The Balaban J connectivity index is 2.41. The zero-order valence-electron chi connectivity index (χ0n) is 7.06. The summed E-state index contributed by atoms with van der Waals surface area (Å²) in [5.74, 6) is 0. The number of nitrogens with zero attached hydrogens (tertiary/aromatic N) is 2. The predicted molar refractivity (Wildman–Crippen MR) is 43.4 cm³/mol. The van der Waals surface area contributed by atoms with Crippen LogP contribution in [0.3, 0.4) is 0 Å². The average molecular weight is 171 g/mol. The van der Waals surface area contributed by atoms with E-state index < -0.39 is 0 Å². The molecule has 0 unspecified atom stereocenters. The predicted octanol–water partition coefficient (Wildman–Crippen LogP) is -0.850. The van der Waals surface area contributed by atoms with Crippen LogP contribution in [0.5, 0.6) is 0 Å². The molecule has 68 valence electrons. The first-order valence-electron chi connectivity index (χ1n) is 4.13. The second-order valence-electron chi connectivity index (χ2n) is 2.69. The van der Waals surface area contributed by atoms with Crippen molar-refractivity contribution in [1.29, 1.82) is 0 Å². The van der Waals surface area contributed by atoms with Gasteiger partial charge in [-0.25, -0.2) is 9.13 Å². The smallest absolute Gasteiger partial charge is 0.243 e. The second kappa shape index (κ2) is 4.90. The van der Waals surface area contributed by atoms with E-state index in [0.29, 0.717) is 6.54 Å². The fourth-order valence-electron chi connectivity index (χ4n) is 1.07. The van der Waals surface area contributed by atoms with Gasteiger partial charge in [0, 0.05) is 13.0 Å². The van der Waals surface area contributed by atoms with Crippen molar-refractivity contribution in [3.05, 3.63) is 18.7 Å². The van der Waals surface area contributed by atoms with Crippen molar-refractivity contribution in [3.63, 3.8) is 0 Å². The van der Waals surface area contributed by atoms with Crippen LogP contribution in [0.15, 0.2) is 18.7 Å². The monoisotopic (exact) mass is 171 g/mol. The summed E-state index contributed by atoms with van der Waals surface area (Å²) in [6.45, 7) is 1.84. The fourth-order valence-corrected chi connectivity index (χ4v) is 1.07. The Kier molecular flexibility index (Phi) is 3.76. The first-order chi connectivity index (χ1) is 5.86. The molecule has 0 saturated carbocycles. The molecule has 0 fully saturated rings. The quantitative estimate of drug-likeness (QED) is 0.567. The van der Waals surface area contributed by atoms with Crippen LogP contribution in [0.4, 0.5) is 0 Å². The Labute approximate surface area is 71.7 Å². The van der Waals surface area contributed by atoms with Gasteiger partial charge in [-0.2, -0.15) is 0 Å². The number of aliphatic hydroxyl groups is 2. The van der Waals surface area contributed by atoms with Gasteiger partial charge in [0.25, 0.3) is 0 Å². The molecule has 1 heterocycles. The summed E-state index contributed by atoms with van der Waals surface area (Å²) >= 11 is 0. The molecular weight excluding hydrogens is 156 g/mol. The minimum absolute atomic E-state index is 0.161. The van der Waals surface area contributed by atoms with E-state index in [0.717, 1.165) is 13.0 Å². The molecule has 0 aromatic carbocycles. The highest BCUT2D eigenvalue weighted by molar-refractivity contribution is 4.65. The molecule has 0 aliphatic carbocycles. The summed E-state index contributed by atoms with van der Waals surface area (Å²) in [5.41, 5.74) is 0. The normalized spacial score (nSPS) is 10.5. The molecule has 4 nitrogen and oxygen atoms in total. The molecule has 0 atom stereocenters. The Morgan fingerprint density at radius 3 is 2.75 bits per heavy atom. The molecule has 1 aromatic heterocycles. The summed E-state index contributed by atoms with van der Waals surface area (Å²) in [7, 11) is 0. The van der Waals surface area contributed by atoms with E-state index in [4.69, 9.17) is 10.2 Å². The van der Waals surface area contributed by atoms with E-state index >= 15 is 0 Å². The summed E-state index contributed by atoms with van der Waals surface area (Å²) in [6, 6.07) is 0. The highest BCUT2D eigenvalue weighted by Gasteiger charge is 2.01. The Hall–Kier alpha value is -0.870. The van der Waals surface area contributed by atoms with Gasteiger partial charge in [0.15, 0.2) is 0 Å². The van der Waals surface area contributed by atoms with Crippen LogP contribution < -0.4 is 4.57 Å². The van der Waals surface area contributed by atoms with E-state index in [-0.39, 0.29) is 13.2 Å². The first kappa shape index (κ1) is 9.22. The molecular formula is C8H15N2O2+. The summed E-state index contributed by atoms with van der Waals surface area (Å²) in [6.07, 6.45) is 6.54. The maximum atomic E-state index is 8.63. The summed E-state index contributed by atoms with van der Waals surface area (Å²) < 4.78 is 3.91.